The number of nitrogens with zero attached hydrogens (tertiary/aromatic N) is 1. The number of hydrogen-bond donors (Lipinski definition) is 1. The van der Waals surface area contributed by atoms with Crippen LogP contribution in [0.15, 0.2) is 24.3 Å². The van der Waals surface area contributed by atoms with Gasteiger partial charge in [-0.15, -0.1) is 0 Å². The molecule has 0 aromatic heterocycles. The molecule has 2 rings (SSSR count). The number of carbonyl (C=O) groups excluding carboxylic acids is 1. The lowest BCUT2D eigenvalue weighted by atomic mass is 10.2. The van der Waals surface area contributed by atoms with Gasteiger partial charge in [0.05, 0.1) is 7.11 Å². The number of benzene rings is 1. The zero-order valence-corrected chi connectivity index (χ0v) is 10.5. The first kappa shape index (κ1) is 13.2. The fourth-order valence-corrected chi connectivity index (χ4v) is 2.07. The van der Waals surface area contributed by atoms with Crippen LogP contribution in [0.5, 0.6) is 11.5 Å². The summed E-state index contributed by atoms with van der Waals surface area (Å²) >= 11 is 0. The van der Waals surface area contributed by atoms with Crippen LogP contribution in [0.3, 0.4) is 0 Å². The van der Waals surface area contributed by atoms with Gasteiger partial charge in [-0.25, -0.2) is 9.59 Å². The molecule has 1 N–H and O–H groups in total. The minimum atomic E-state index is -1.000. The Hall–Kier alpha value is -2.24. The van der Waals surface area contributed by atoms with E-state index in [4.69, 9.17) is 14.6 Å². The molecule has 0 aliphatic carbocycles. The molecular formula is C13H15NO5. The number of amides is 1. The van der Waals surface area contributed by atoms with Gasteiger partial charge in [0.15, 0.2) is 0 Å². The highest BCUT2D eigenvalue weighted by Crippen LogP contribution is 2.22. The Kier molecular flexibility index (Phi) is 3.89. The second-order valence-corrected chi connectivity index (χ2v) is 4.24. The SMILES string of the molecule is COc1cccc(OC(=O)N2CCCC2C(=O)O)c1. The molecule has 0 saturated carbocycles. The second-order valence-electron chi connectivity index (χ2n) is 4.24. The van der Waals surface area contributed by atoms with Gasteiger partial charge in [-0.05, 0) is 25.0 Å². The molecule has 1 unspecified atom stereocenters. The van der Waals surface area contributed by atoms with Crippen LogP contribution in [0.4, 0.5) is 4.79 Å². The van der Waals surface area contributed by atoms with Gasteiger partial charge >= 0.3 is 12.1 Å². The molecule has 6 heteroatoms. The van der Waals surface area contributed by atoms with Crippen LogP contribution >= 0.6 is 0 Å². The van der Waals surface area contributed by atoms with Crippen molar-refractivity contribution in [1.29, 1.82) is 0 Å². The third kappa shape index (κ3) is 2.96. The third-order valence-corrected chi connectivity index (χ3v) is 3.02. The molecule has 1 aromatic carbocycles. The maximum absolute atomic E-state index is 11.9. The number of carboxylic acids is 1. The summed E-state index contributed by atoms with van der Waals surface area (Å²) in [5, 5.41) is 9.01. The fourth-order valence-electron chi connectivity index (χ4n) is 2.07. The van der Waals surface area contributed by atoms with E-state index in [-0.39, 0.29) is 0 Å². The van der Waals surface area contributed by atoms with Crippen molar-refractivity contribution in [3.05, 3.63) is 24.3 Å². The molecule has 0 bridgehead atoms. The molecule has 1 aromatic rings. The molecule has 1 atom stereocenters. The molecular weight excluding hydrogens is 250 g/mol. The van der Waals surface area contributed by atoms with Crippen molar-refractivity contribution in [3.63, 3.8) is 0 Å². The van der Waals surface area contributed by atoms with E-state index >= 15 is 0 Å². The van der Waals surface area contributed by atoms with Crippen LogP contribution in [0.2, 0.25) is 0 Å². The van der Waals surface area contributed by atoms with Gasteiger partial charge in [-0.1, -0.05) is 6.07 Å². The van der Waals surface area contributed by atoms with Crippen molar-refractivity contribution in [2.45, 2.75) is 18.9 Å². The van der Waals surface area contributed by atoms with Crippen LogP contribution in [0, 0.1) is 0 Å². The van der Waals surface area contributed by atoms with Gasteiger partial charge in [0.25, 0.3) is 0 Å². The van der Waals surface area contributed by atoms with Crippen LogP contribution < -0.4 is 9.47 Å². The number of carboxylic acid groups (broad SMARTS) is 1. The van der Waals surface area contributed by atoms with E-state index in [1.807, 2.05) is 0 Å². The maximum atomic E-state index is 11.9. The standard InChI is InChI=1S/C13H15NO5/c1-18-9-4-2-5-10(8-9)19-13(17)14-7-3-6-11(14)12(15)16/h2,4-5,8,11H,3,6-7H2,1H3,(H,15,16). The lowest BCUT2D eigenvalue weighted by Crippen LogP contribution is -2.41. The summed E-state index contributed by atoms with van der Waals surface area (Å²) in [5.41, 5.74) is 0. The lowest BCUT2D eigenvalue weighted by molar-refractivity contribution is -0.141. The Morgan fingerprint density at radius 3 is 2.79 bits per heavy atom. The van der Waals surface area contributed by atoms with Gasteiger partial charge in [-0.3, -0.25) is 4.90 Å². The van der Waals surface area contributed by atoms with Crippen LogP contribution in [0.25, 0.3) is 0 Å². The predicted octanol–water partition coefficient (Wildman–Crippen LogP) is 1.74. The van der Waals surface area contributed by atoms with Crippen molar-refractivity contribution in [2.24, 2.45) is 0 Å². The number of rotatable bonds is 3. The zero-order chi connectivity index (χ0) is 13.8. The molecule has 1 aliphatic rings. The van der Waals surface area contributed by atoms with Gasteiger partial charge < -0.3 is 14.6 Å². The first-order valence-corrected chi connectivity index (χ1v) is 5.97. The quantitative estimate of drug-likeness (QED) is 0.900. The van der Waals surface area contributed by atoms with E-state index in [2.05, 4.69) is 0 Å². The number of carbonyl (C=O) groups is 2. The largest absolute Gasteiger partial charge is 0.497 e. The second kappa shape index (κ2) is 5.60. The van der Waals surface area contributed by atoms with Crippen LogP contribution in [-0.4, -0.2) is 41.8 Å². The molecule has 6 nitrogen and oxygen atoms in total. The van der Waals surface area contributed by atoms with E-state index in [9.17, 15) is 9.59 Å². The van der Waals surface area contributed by atoms with Crippen LogP contribution in [0.1, 0.15) is 12.8 Å². The van der Waals surface area contributed by atoms with Gasteiger partial charge in [0.1, 0.15) is 17.5 Å². The highest BCUT2D eigenvalue weighted by atomic mass is 16.6. The number of methoxy groups -OCH3 is 1. The monoisotopic (exact) mass is 265 g/mol. The van der Waals surface area contributed by atoms with Gasteiger partial charge in [0, 0.05) is 12.6 Å². The summed E-state index contributed by atoms with van der Waals surface area (Å²) < 4.78 is 10.2. The summed E-state index contributed by atoms with van der Waals surface area (Å²) in [6.07, 6.45) is 0.491. The number of likely N-dealkylation sites (tertiary alicyclic amines) is 1. The summed E-state index contributed by atoms with van der Waals surface area (Å²) in [7, 11) is 1.52. The van der Waals surface area contributed by atoms with E-state index in [0.29, 0.717) is 30.9 Å². The van der Waals surface area contributed by atoms with Crippen molar-refractivity contribution < 1.29 is 24.2 Å². The van der Waals surface area contributed by atoms with E-state index in [0.717, 1.165) is 0 Å². The van der Waals surface area contributed by atoms with E-state index in [1.165, 1.54) is 12.0 Å². The zero-order valence-electron chi connectivity index (χ0n) is 10.5. The molecule has 1 heterocycles. The molecule has 19 heavy (non-hydrogen) atoms. The van der Waals surface area contributed by atoms with Crippen molar-refractivity contribution in [3.8, 4) is 11.5 Å². The van der Waals surface area contributed by atoms with Crippen molar-refractivity contribution >= 4 is 12.1 Å². The van der Waals surface area contributed by atoms with Crippen LogP contribution in [-0.2, 0) is 4.79 Å². The topological polar surface area (TPSA) is 76.1 Å². The molecule has 1 amide bonds. The van der Waals surface area contributed by atoms with Crippen molar-refractivity contribution in [2.75, 3.05) is 13.7 Å². The highest BCUT2D eigenvalue weighted by molar-refractivity contribution is 5.81. The average molecular weight is 265 g/mol. The number of ether oxygens (including phenoxy) is 2. The fraction of sp³-hybridized carbons (Fsp3) is 0.385. The number of hydrogen-bond acceptors (Lipinski definition) is 4. The smallest absolute Gasteiger partial charge is 0.415 e. The summed E-state index contributed by atoms with van der Waals surface area (Å²) in [5.74, 6) is -0.0954. The predicted molar refractivity (Wildman–Crippen MR) is 66.4 cm³/mol. The van der Waals surface area contributed by atoms with Gasteiger partial charge in [0.2, 0.25) is 0 Å². The third-order valence-electron chi connectivity index (χ3n) is 3.02. The Bertz CT molecular complexity index is 488. The Labute approximate surface area is 110 Å². The summed E-state index contributed by atoms with van der Waals surface area (Å²) in [4.78, 5) is 24.2. The van der Waals surface area contributed by atoms with Crippen molar-refractivity contribution in [1.82, 2.24) is 4.90 Å². The minimum Gasteiger partial charge on any atom is -0.497 e. The minimum absolute atomic E-state index is 0.334. The Morgan fingerprint density at radius 1 is 1.37 bits per heavy atom. The maximum Gasteiger partial charge on any atom is 0.415 e. The highest BCUT2D eigenvalue weighted by Gasteiger charge is 2.35. The molecule has 0 radical (unpaired) electrons. The normalized spacial score (nSPS) is 18.2. The molecule has 1 saturated heterocycles. The Balaban J connectivity index is 2.06. The van der Waals surface area contributed by atoms with Gasteiger partial charge in [-0.2, -0.15) is 0 Å². The van der Waals surface area contributed by atoms with E-state index < -0.39 is 18.1 Å². The summed E-state index contributed by atoms with van der Waals surface area (Å²) in [6.45, 7) is 0.403. The Morgan fingerprint density at radius 2 is 2.11 bits per heavy atom. The average Bonchev–Trinajstić information content (AvgIpc) is 2.88. The molecule has 0 spiro atoms. The molecule has 1 fully saturated rings. The van der Waals surface area contributed by atoms with E-state index in [1.54, 1.807) is 24.3 Å². The molecule has 1 aliphatic heterocycles. The first-order valence-electron chi connectivity index (χ1n) is 5.97. The molecule has 102 valence electrons. The number of aliphatic carboxylic acids is 1. The first-order chi connectivity index (χ1) is 9.11. The lowest BCUT2D eigenvalue weighted by Gasteiger charge is -2.20. The summed E-state index contributed by atoms with van der Waals surface area (Å²) in [6, 6.07) is 5.82.